The summed E-state index contributed by atoms with van der Waals surface area (Å²) in [4.78, 5) is 11.8. The summed E-state index contributed by atoms with van der Waals surface area (Å²) in [6, 6.07) is 10.2. The highest BCUT2D eigenvalue weighted by molar-refractivity contribution is 7.93. The number of hydrogen-bond donors (Lipinski definition) is 1. The standard InChI is InChI=1S/C17H21NO4S2/c1-3-5-16(19)18-12-15(13-7-9-14(22-2)10-8-13)24(20,21)17-6-4-11-23-17/h4,6-11,15H,3,5,12H2,1-2H3,(H,18,19)/t15-/m0/s1. The number of carbonyl (C=O) groups is 1. The first-order valence-corrected chi connectivity index (χ1v) is 10.1. The molecule has 0 unspecified atom stereocenters. The lowest BCUT2D eigenvalue weighted by atomic mass is 10.1. The number of ether oxygens (including phenoxy) is 1. The molecule has 1 N–H and O–H groups in total. The molecule has 0 radical (unpaired) electrons. The van der Waals surface area contributed by atoms with Crippen LogP contribution in [0.5, 0.6) is 5.75 Å². The van der Waals surface area contributed by atoms with Crippen molar-refractivity contribution >= 4 is 27.1 Å². The maximum atomic E-state index is 12.9. The van der Waals surface area contributed by atoms with Gasteiger partial charge in [-0.25, -0.2) is 8.42 Å². The lowest BCUT2D eigenvalue weighted by molar-refractivity contribution is -0.121. The minimum absolute atomic E-state index is 0.0470. The molecular weight excluding hydrogens is 346 g/mol. The molecule has 2 rings (SSSR count). The van der Waals surface area contributed by atoms with E-state index in [9.17, 15) is 13.2 Å². The summed E-state index contributed by atoms with van der Waals surface area (Å²) < 4.78 is 31.3. The van der Waals surface area contributed by atoms with Crippen molar-refractivity contribution in [3.63, 3.8) is 0 Å². The highest BCUT2D eigenvalue weighted by Gasteiger charge is 2.30. The molecule has 1 aromatic heterocycles. The van der Waals surface area contributed by atoms with E-state index in [0.717, 1.165) is 6.42 Å². The van der Waals surface area contributed by atoms with Crippen molar-refractivity contribution in [1.29, 1.82) is 0 Å². The van der Waals surface area contributed by atoms with Gasteiger partial charge >= 0.3 is 0 Å². The molecule has 1 heterocycles. The van der Waals surface area contributed by atoms with Gasteiger partial charge in [0.25, 0.3) is 0 Å². The molecule has 24 heavy (non-hydrogen) atoms. The van der Waals surface area contributed by atoms with E-state index in [2.05, 4.69) is 5.32 Å². The Morgan fingerprint density at radius 3 is 2.50 bits per heavy atom. The highest BCUT2D eigenvalue weighted by Crippen LogP contribution is 2.32. The third kappa shape index (κ3) is 4.36. The van der Waals surface area contributed by atoms with Crippen LogP contribution in [0, 0.1) is 0 Å². The molecule has 0 bridgehead atoms. The van der Waals surface area contributed by atoms with E-state index in [1.165, 1.54) is 11.3 Å². The number of benzene rings is 1. The summed E-state index contributed by atoms with van der Waals surface area (Å²) in [7, 11) is -2.02. The lowest BCUT2D eigenvalue weighted by Gasteiger charge is -2.18. The van der Waals surface area contributed by atoms with Gasteiger partial charge in [0, 0.05) is 13.0 Å². The predicted octanol–water partition coefficient (Wildman–Crippen LogP) is 3.19. The van der Waals surface area contributed by atoms with Gasteiger partial charge in [-0.05, 0) is 35.6 Å². The maximum absolute atomic E-state index is 12.9. The number of sulfone groups is 1. The van der Waals surface area contributed by atoms with Crippen LogP contribution in [0.2, 0.25) is 0 Å². The van der Waals surface area contributed by atoms with E-state index >= 15 is 0 Å². The second-order valence-electron chi connectivity index (χ2n) is 5.29. The molecule has 0 aliphatic heterocycles. The molecule has 0 spiro atoms. The second-order valence-corrected chi connectivity index (χ2v) is 8.60. The molecule has 0 aliphatic rings. The highest BCUT2D eigenvalue weighted by atomic mass is 32.2. The summed E-state index contributed by atoms with van der Waals surface area (Å²) in [5, 5.41) is 3.63. The van der Waals surface area contributed by atoms with Crippen LogP contribution >= 0.6 is 11.3 Å². The number of carbonyl (C=O) groups excluding carboxylic acids is 1. The molecule has 1 atom stereocenters. The van der Waals surface area contributed by atoms with Gasteiger partial charge in [0.2, 0.25) is 5.91 Å². The van der Waals surface area contributed by atoms with Crippen molar-refractivity contribution in [2.75, 3.05) is 13.7 Å². The van der Waals surface area contributed by atoms with Gasteiger partial charge < -0.3 is 10.1 Å². The fourth-order valence-electron chi connectivity index (χ4n) is 2.31. The van der Waals surface area contributed by atoms with Gasteiger partial charge in [0.1, 0.15) is 15.2 Å². The zero-order valence-corrected chi connectivity index (χ0v) is 15.3. The minimum atomic E-state index is -3.58. The Hall–Kier alpha value is -1.86. The maximum Gasteiger partial charge on any atom is 0.220 e. The van der Waals surface area contributed by atoms with Crippen molar-refractivity contribution in [1.82, 2.24) is 5.32 Å². The zero-order chi connectivity index (χ0) is 17.6. The third-order valence-electron chi connectivity index (χ3n) is 3.60. The van der Waals surface area contributed by atoms with Crippen molar-refractivity contribution in [2.45, 2.75) is 29.2 Å². The number of rotatable bonds is 8. The minimum Gasteiger partial charge on any atom is -0.497 e. The van der Waals surface area contributed by atoms with Crippen LogP contribution in [-0.2, 0) is 14.6 Å². The first-order valence-electron chi connectivity index (χ1n) is 7.67. The molecule has 0 aliphatic carbocycles. The predicted molar refractivity (Wildman–Crippen MR) is 95.2 cm³/mol. The van der Waals surface area contributed by atoms with Crippen LogP contribution < -0.4 is 10.1 Å². The van der Waals surface area contributed by atoms with Crippen LogP contribution in [0.1, 0.15) is 30.6 Å². The largest absolute Gasteiger partial charge is 0.497 e. The van der Waals surface area contributed by atoms with Crippen LogP contribution in [-0.4, -0.2) is 28.0 Å². The van der Waals surface area contributed by atoms with Crippen molar-refractivity contribution < 1.29 is 17.9 Å². The fourth-order valence-corrected chi connectivity index (χ4v) is 5.18. The Bertz CT molecular complexity index is 752. The molecule has 0 fully saturated rings. The molecular formula is C17H21NO4S2. The SMILES string of the molecule is CCCC(=O)NC[C@@H](c1ccc(OC)cc1)S(=O)(=O)c1cccs1. The molecule has 130 valence electrons. The summed E-state index contributed by atoms with van der Waals surface area (Å²) >= 11 is 1.18. The first-order chi connectivity index (χ1) is 11.5. The Labute approximate surface area is 146 Å². The van der Waals surface area contributed by atoms with E-state index < -0.39 is 15.1 Å². The number of thiophene rings is 1. The summed E-state index contributed by atoms with van der Waals surface area (Å²) in [6.45, 7) is 1.95. The average molecular weight is 367 g/mol. The molecule has 2 aromatic rings. The Morgan fingerprint density at radius 2 is 1.96 bits per heavy atom. The number of methoxy groups -OCH3 is 1. The van der Waals surface area contributed by atoms with Gasteiger partial charge in [-0.1, -0.05) is 25.1 Å². The van der Waals surface area contributed by atoms with Crippen molar-refractivity contribution in [3.05, 3.63) is 47.3 Å². The van der Waals surface area contributed by atoms with E-state index in [1.807, 2.05) is 6.92 Å². The molecule has 0 saturated carbocycles. The summed E-state index contributed by atoms with van der Waals surface area (Å²) in [5.74, 6) is 0.512. The molecule has 7 heteroatoms. The van der Waals surface area contributed by atoms with E-state index in [0.29, 0.717) is 21.9 Å². The zero-order valence-electron chi connectivity index (χ0n) is 13.7. The van der Waals surface area contributed by atoms with Crippen LogP contribution in [0.15, 0.2) is 46.0 Å². The van der Waals surface area contributed by atoms with Crippen molar-refractivity contribution in [2.24, 2.45) is 0 Å². The molecule has 1 aromatic carbocycles. The van der Waals surface area contributed by atoms with Gasteiger partial charge in [-0.3, -0.25) is 4.79 Å². The Balaban J connectivity index is 2.31. The van der Waals surface area contributed by atoms with E-state index in [4.69, 9.17) is 4.74 Å². The van der Waals surface area contributed by atoms with Gasteiger partial charge in [0.05, 0.1) is 7.11 Å². The monoisotopic (exact) mass is 367 g/mol. The van der Waals surface area contributed by atoms with Crippen LogP contribution in [0.3, 0.4) is 0 Å². The van der Waals surface area contributed by atoms with E-state index in [1.54, 1.807) is 48.9 Å². The number of amides is 1. The summed E-state index contributed by atoms with van der Waals surface area (Å²) in [6.07, 6.45) is 1.10. The van der Waals surface area contributed by atoms with Crippen molar-refractivity contribution in [3.8, 4) is 5.75 Å². The molecule has 1 amide bonds. The van der Waals surface area contributed by atoms with Crippen LogP contribution in [0.25, 0.3) is 0 Å². The lowest BCUT2D eigenvalue weighted by Crippen LogP contribution is -2.31. The van der Waals surface area contributed by atoms with Gasteiger partial charge in [-0.15, -0.1) is 11.3 Å². The summed E-state index contributed by atoms with van der Waals surface area (Å²) in [5.41, 5.74) is 0.626. The number of hydrogen-bond acceptors (Lipinski definition) is 5. The molecule has 5 nitrogen and oxygen atoms in total. The fraction of sp³-hybridized carbons (Fsp3) is 0.353. The normalized spacial score (nSPS) is 12.6. The topological polar surface area (TPSA) is 72.5 Å². The number of nitrogens with one attached hydrogen (secondary N) is 1. The first kappa shape index (κ1) is 18.5. The van der Waals surface area contributed by atoms with Gasteiger partial charge in [0.15, 0.2) is 9.84 Å². The smallest absolute Gasteiger partial charge is 0.220 e. The van der Waals surface area contributed by atoms with Crippen LogP contribution in [0.4, 0.5) is 0 Å². The van der Waals surface area contributed by atoms with E-state index in [-0.39, 0.29) is 12.5 Å². The third-order valence-corrected chi connectivity index (χ3v) is 7.13. The Kier molecular flexibility index (Phi) is 6.39. The average Bonchev–Trinajstić information content (AvgIpc) is 3.11. The quantitative estimate of drug-likeness (QED) is 0.778. The second kappa shape index (κ2) is 8.30. The Morgan fingerprint density at radius 1 is 1.25 bits per heavy atom. The molecule has 0 saturated heterocycles. The van der Waals surface area contributed by atoms with Gasteiger partial charge in [-0.2, -0.15) is 0 Å².